The quantitative estimate of drug-likeness (QED) is 0.800. The molecule has 0 spiro atoms. The lowest BCUT2D eigenvalue weighted by molar-refractivity contribution is 0.494. The number of aromatic nitrogens is 1. The van der Waals surface area contributed by atoms with Crippen LogP contribution in [0.2, 0.25) is 0 Å². The standard InChI is InChI=1S/C15H18FN3/c1-9-7-19(8-10(9)2)15-12(16)6-13(17)11-4-3-5-18-14(11)15/h3-6,9-10H,7-8,17H2,1-2H3. The van der Waals surface area contributed by atoms with Crippen molar-refractivity contribution in [2.45, 2.75) is 13.8 Å². The summed E-state index contributed by atoms with van der Waals surface area (Å²) in [6, 6.07) is 5.13. The molecule has 3 nitrogen and oxygen atoms in total. The number of nitrogens with zero attached hydrogens (tertiary/aromatic N) is 2. The van der Waals surface area contributed by atoms with Gasteiger partial charge in [-0.3, -0.25) is 4.98 Å². The molecule has 2 aromatic rings. The number of anilines is 2. The molecule has 1 aliphatic rings. The Labute approximate surface area is 112 Å². The lowest BCUT2D eigenvalue weighted by Gasteiger charge is -2.21. The summed E-state index contributed by atoms with van der Waals surface area (Å²) in [5.74, 6) is 0.858. The van der Waals surface area contributed by atoms with E-state index in [-0.39, 0.29) is 5.82 Å². The zero-order chi connectivity index (χ0) is 13.6. The van der Waals surface area contributed by atoms with E-state index in [1.165, 1.54) is 6.07 Å². The van der Waals surface area contributed by atoms with Crippen molar-refractivity contribution in [1.29, 1.82) is 0 Å². The van der Waals surface area contributed by atoms with Crippen LogP contribution in [0.4, 0.5) is 15.8 Å². The summed E-state index contributed by atoms with van der Waals surface area (Å²) in [6.07, 6.45) is 1.69. The fourth-order valence-corrected chi connectivity index (χ4v) is 2.84. The minimum atomic E-state index is -0.273. The number of halogens is 1. The molecule has 2 N–H and O–H groups in total. The minimum absolute atomic E-state index is 0.273. The first kappa shape index (κ1) is 12.2. The zero-order valence-electron chi connectivity index (χ0n) is 11.2. The Hall–Kier alpha value is -1.84. The molecule has 0 aliphatic carbocycles. The highest BCUT2D eigenvalue weighted by Gasteiger charge is 2.29. The van der Waals surface area contributed by atoms with Crippen LogP contribution in [0.15, 0.2) is 24.4 Å². The first-order chi connectivity index (χ1) is 9.08. The highest BCUT2D eigenvalue weighted by Crippen LogP contribution is 2.36. The molecule has 3 rings (SSSR count). The maximum Gasteiger partial charge on any atom is 0.150 e. The van der Waals surface area contributed by atoms with E-state index in [1.807, 2.05) is 12.1 Å². The SMILES string of the molecule is CC1CN(c2c(F)cc(N)c3cccnc23)CC1C. The Balaban J connectivity index is 2.18. The maximum atomic E-state index is 14.3. The number of pyridine rings is 1. The van der Waals surface area contributed by atoms with Crippen LogP contribution >= 0.6 is 0 Å². The smallest absolute Gasteiger partial charge is 0.150 e. The van der Waals surface area contributed by atoms with Crippen LogP contribution in [0.3, 0.4) is 0 Å². The Morgan fingerprint density at radius 2 is 2.00 bits per heavy atom. The Kier molecular flexibility index (Phi) is 2.81. The topological polar surface area (TPSA) is 42.1 Å². The average Bonchev–Trinajstić information content (AvgIpc) is 2.69. The third kappa shape index (κ3) is 1.91. The van der Waals surface area contributed by atoms with Gasteiger partial charge in [0.25, 0.3) is 0 Å². The normalized spacial score (nSPS) is 23.2. The molecule has 0 amide bonds. The molecule has 1 aromatic carbocycles. The van der Waals surface area contributed by atoms with E-state index < -0.39 is 0 Å². The molecule has 19 heavy (non-hydrogen) atoms. The molecule has 4 heteroatoms. The molecule has 1 fully saturated rings. The zero-order valence-corrected chi connectivity index (χ0v) is 11.2. The molecular formula is C15H18FN3. The second-order valence-corrected chi connectivity index (χ2v) is 5.56. The highest BCUT2D eigenvalue weighted by atomic mass is 19.1. The van der Waals surface area contributed by atoms with E-state index in [4.69, 9.17) is 5.73 Å². The van der Waals surface area contributed by atoms with E-state index in [2.05, 4.69) is 23.7 Å². The number of fused-ring (bicyclic) bond motifs is 1. The lowest BCUT2D eigenvalue weighted by Crippen LogP contribution is -2.21. The van der Waals surface area contributed by atoms with E-state index in [0.29, 0.717) is 28.7 Å². The van der Waals surface area contributed by atoms with Crippen LogP contribution in [-0.4, -0.2) is 18.1 Å². The molecule has 2 heterocycles. The fourth-order valence-electron chi connectivity index (χ4n) is 2.84. The minimum Gasteiger partial charge on any atom is -0.398 e. The summed E-state index contributed by atoms with van der Waals surface area (Å²) >= 11 is 0. The van der Waals surface area contributed by atoms with Gasteiger partial charge in [0.1, 0.15) is 0 Å². The van der Waals surface area contributed by atoms with Crippen molar-refractivity contribution in [2.75, 3.05) is 23.7 Å². The maximum absolute atomic E-state index is 14.3. The van der Waals surface area contributed by atoms with Crippen LogP contribution < -0.4 is 10.6 Å². The van der Waals surface area contributed by atoms with Crippen molar-refractivity contribution in [3.05, 3.63) is 30.2 Å². The van der Waals surface area contributed by atoms with Crippen molar-refractivity contribution < 1.29 is 4.39 Å². The van der Waals surface area contributed by atoms with Crippen molar-refractivity contribution >= 4 is 22.3 Å². The van der Waals surface area contributed by atoms with Crippen molar-refractivity contribution in [1.82, 2.24) is 4.98 Å². The Bertz CT molecular complexity index is 616. The van der Waals surface area contributed by atoms with Gasteiger partial charge >= 0.3 is 0 Å². The van der Waals surface area contributed by atoms with Gasteiger partial charge in [-0.2, -0.15) is 0 Å². The van der Waals surface area contributed by atoms with Gasteiger partial charge in [0.15, 0.2) is 5.82 Å². The third-order valence-electron chi connectivity index (χ3n) is 4.16. The highest BCUT2D eigenvalue weighted by molar-refractivity contribution is 5.99. The fraction of sp³-hybridized carbons (Fsp3) is 0.400. The number of hydrogen-bond donors (Lipinski definition) is 1. The molecule has 0 saturated carbocycles. The van der Waals surface area contributed by atoms with Gasteiger partial charge in [-0.25, -0.2) is 4.39 Å². The number of nitrogens with two attached hydrogens (primary N) is 1. The molecular weight excluding hydrogens is 241 g/mol. The van der Waals surface area contributed by atoms with Gasteiger partial charge in [-0.1, -0.05) is 13.8 Å². The summed E-state index contributed by atoms with van der Waals surface area (Å²) < 4.78 is 14.3. The summed E-state index contributed by atoms with van der Waals surface area (Å²) in [5, 5.41) is 0.825. The molecule has 0 radical (unpaired) electrons. The number of benzene rings is 1. The molecule has 1 aromatic heterocycles. The van der Waals surface area contributed by atoms with Gasteiger partial charge < -0.3 is 10.6 Å². The van der Waals surface area contributed by atoms with Gasteiger partial charge in [-0.15, -0.1) is 0 Å². The number of nitrogen functional groups attached to an aromatic ring is 1. The van der Waals surface area contributed by atoms with E-state index in [0.717, 1.165) is 18.5 Å². The second kappa shape index (κ2) is 4.37. The first-order valence-corrected chi connectivity index (χ1v) is 6.65. The van der Waals surface area contributed by atoms with Gasteiger partial charge in [0.2, 0.25) is 0 Å². The third-order valence-corrected chi connectivity index (χ3v) is 4.16. The van der Waals surface area contributed by atoms with Gasteiger partial charge in [0, 0.05) is 30.4 Å². The average molecular weight is 259 g/mol. The van der Waals surface area contributed by atoms with Crippen molar-refractivity contribution in [3.63, 3.8) is 0 Å². The predicted octanol–water partition coefficient (Wildman–Crippen LogP) is 3.05. The van der Waals surface area contributed by atoms with Gasteiger partial charge in [-0.05, 0) is 30.0 Å². The van der Waals surface area contributed by atoms with Crippen LogP contribution in [0.5, 0.6) is 0 Å². The van der Waals surface area contributed by atoms with Crippen molar-refractivity contribution in [2.24, 2.45) is 11.8 Å². The van der Waals surface area contributed by atoms with E-state index in [1.54, 1.807) is 6.20 Å². The van der Waals surface area contributed by atoms with Crippen LogP contribution in [0, 0.1) is 17.7 Å². The second-order valence-electron chi connectivity index (χ2n) is 5.56. The molecule has 0 bridgehead atoms. The molecule has 2 unspecified atom stereocenters. The van der Waals surface area contributed by atoms with E-state index >= 15 is 0 Å². The van der Waals surface area contributed by atoms with E-state index in [9.17, 15) is 4.39 Å². The Morgan fingerprint density at radius 1 is 1.32 bits per heavy atom. The summed E-state index contributed by atoms with van der Waals surface area (Å²) in [7, 11) is 0. The Morgan fingerprint density at radius 3 is 2.68 bits per heavy atom. The molecule has 1 aliphatic heterocycles. The lowest BCUT2D eigenvalue weighted by atomic mass is 10.0. The summed E-state index contributed by atoms with van der Waals surface area (Å²) in [5.41, 5.74) is 7.60. The van der Waals surface area contributed by atoms with Crippen LogP contribution in [0.25, 0.3) is 10.9 Å². The molecule has 100 valence electrons. The summed E-state index contributed by atoms with van der Waals surface area (Å²) in [4.78, 5) is 6.43. The molecule has 1 saturated heterocycles. The number of hydrogen-bond acceptors (Lipinski definition) is 3. The number of rotatable bonds is 1. The van der Waals surface area contributed by atoms with Crippen LogP contribution in [-0.2, 0) is 0 Å². The van der Waals surface area contributed by atoms with Crippen molar-refractivity contribution in [3.8, 4) is 0 Å². The monoisotopic (exact) mass is 259 g/mol. The first-order valence-electron chi connectivity index (χ1n) is 6.65. The van der Waals surface area contributed by atoms with Gasteiger partial charge in [0.05, 0.1) is 11.2 Å². The predicted molar refractivity (Wildman–Crippen MR) is 76.7 cm³/mol. The largest absolute Gasteiger partial charge is 0.398 e. The van der Waals surface area contributed by atoms with Crippen LogP contribution in [0.1, 0.15) is 13.8 Å². The molecule has 2 atom stereocenters. The summed E-state index contributed by atoms with van der Waals surface area (Å²) in [6.45, 7) is 6.15.